The van der Waals surface area contributed by atoms with Crippen LogP contribution in [0.1, 0.15) is 21.5 Å². The molecule has 0 amide bonds. The van der Waals surface area contributed by atoms with Gasteiger partial charge in [-0.1, -0.05) is 11.6 Å². The van der Waals surface area contributed by atoms with Gasteiger partial charge in [0.1, 0.15) is 18.2 Å². The number of hydrogen-bond acceptors (Lipinski definition) is 5. The molecule has 32 heavy (non-hydrogen) atoms. The number of ether oxygens (including phenoxy) is 2. The fraction of sp³-hybridized carbons (Fsp3) is 0.136. The monoisotopic (exact) mass is 461 g/mol. The molecule has 164 valence electrons. The summed E-state index contributed by atoms with van der Waals surface area (Å²) < 4.78 is 52.3. The lowest BCUT2D eigenvalue weighted by Gasteiger charge is -2.12. The van der Waals surface area contributed by atoms with Crippen LogP contribution in [0, 0.1) is 17.5 Å². The molecule has 2 heterocycles. The molecule has 2 aromatic heterocycles. The number of nitrogens with zero attached hydrogens (tertiary/aromatic N) is 2. The first-order chi connectivity index (χ1) is 15.4. The van der Waals surface area contributed by atoms with Gasteiger partial charge >= 0.3 is 0 Å². The van der Waals surface area contributed by atoms with E-state index in [9.17, 15) is 13.6 Å². The van der Waals surface area contributed by atoms with Crippen molar-refractivity contribution in [3.63, 3.8) is 0 Å². The van der Waals surface area contributed by atoms with Crippen LogP contribution >= 0.6 is 11.6 Å². The van der Waals surface area contributed by atoms with Gasteiger partial charge in [-0.3, -0.25) is 9.89 Å². The average Bonchev–Trinajstić information content (AvgIpc) is 3.16. The zero-order chi connectivity index (χ0) is 22.8. The molecule has 0 saturated heterocycles. The molecule has 0 unspecified atom stereocenters. The molecule has 0 bridgehead atoms. The Labute approximate surface area is 184 Å². The standard InChI is InChI=1S/C22H15ClF3N3O3/c1-31-22-14-6-11(9-27-21(14)28-29-22)7-17(30)19-15(23)4-5-18(20(19)26)32-10-12-2-3-13(24)8-16(12)25/h2-6,8-9H,7,10H2,1H3,(H,27,28,29). The van der Waals surface area contributed by atoms with Gasteiger partial charge in [-0.25, -0.2) is 18.2 Å². The Morgan fingerprint density at radius 2 is 1.97 bits per heavy atom. The predicted octanol–water partition coefficient (Wildman–Crippen LogP) is 5.04. The molecule has 6 nitrogen and oxygen atoms in total. The van der Waals surface area contributed by atoms with E-state index in [4.69, 9.17) is 21.1 Å². The smallest absolute Gasteiger partial charge is 0.241 e. The van der Waals surface area contributed by atoms with Crippen molar-refractivity contribution in [3.05, 3.63) is 81.8 Å². The minimum Gasteiger partial charge on any atom is -0.486 e. The maximum Gasteiger partial charge on any atom is 0.241 e. The van der Waals surface area contributed by atoms with Gasteiger partial charge in [0.25, 0.3) is 0 Å². The van der Waals surface area contributed by atoms with Crippen molar-refractivity contribution in [3.8, 4) is 11.6 Å². The summed E-state index contributed by atoms with van der Waals surface area (Å²) in [6.45, 7) is -0.362. The average molecular weight is 462 g/mol. The zero-order valence-electron chi connectivity index (χ0n) is 16.6. The minimum absolute atomic E-state index is 0.0297. The second-order valence-electron chi connectivity index (χ2n) is 6.83. The third-order valence-electron chi connectivity index (χ3n) is 4.73. The van der Waals surface area contributed by atoms with Crippen LogP contribution in [0.15, 0.2) is 42.6 Å². The van der Waals surface area contributed by atoms with Crippen molar-refractivity contribution in [1.82, 2.24) is 15.2 Å². The van der Waals surface area contributed by atoms with Gasteiger partial charge in [0.2, 0.25) is 5.88 Å². The molecule has 0 atom stereocenters. The highest BCUT2D eigenvalue weighted by atomic mass is 35.5. The van der Waals surface area contributed by atoms with Crippen molar-refractivity contribution >= 4 is 28.4 Å². The van der Waals surface area contributed by atoms with Crippen molar-refractivity contribution in [2.45, 2.75) is 13.0 Å². The number of aromatic nitrogens is 3. The summed E-state index contributed by atoms with van der Waals surface area (Å²) in [5.41, 5.74) is 0.646. The fourth-order valence-electron chi connectivity index (χ4n) is 3.14. The number of methoxy groups -OCH3 is 1. The normalized spacial score (nSPS) is 11.0. The predicted molar refractivity (Wildman–Crippen MR) is 111 cm³/mol. The molecule has 0 aliphatic heterocycles. The Morgan fingerprint density at radius 3 is 2.72 bits per heavy atom. The first-order valence-corrected chi connectivity index (χ1v) is 9.70. The maximum absolute atomic E-state index is 15.0. The largest absolute Gasteiger partial charge is 0.486 e. The highest BCUT2D eigenvalue weighted by Crippen LogP contribution is 2.30. The van der Waals surface area contributed by atoms with Crippen LogP contribution in [0.2, 0.25) is 5.02 Å². The van der Waals surface area contributed by atoms with Gasteiger partial charge in [0.15, 0.2) is 23.0 Å². The fourth-order valence-corrected chi connectivity index (χ4v) is 3.40. The van der Waals surface area contributed by atoms with E-state index in [0.717, 1.165) is 6.07 Å². The van der Waals surface area contributed by atoms with Gasteiger partial charge in [-0.15, -0.1) is 5.10 Å². The number of fused-ring (bicyclic) bond motifs is 1. The van der Waals surface area contributed by atoms with Crippen LogP contribution in [0.3, 0.4) is 0 Å². The number of ketones is 1. The van der Waals surface area contributed by atoms with Gasteiger partial charge in [0.05, 0.1) is 23.1 Å². The van der Waals surface area contributed by atoms with E-state index in [1.807, 2.05) is 0 Å². The Hall–Kier alpha value is -3.59. The molecule has 1 N–H and O–H groups in total. The van der Waals surface area contributed by atoms with Crippen molar-refractivity contribution < 1.29 is 27.4 Å². The Kier molecular flexibility index (Phi) is 6.00. The van der Waals surface area contributed by atoms with E-state index in [2.05, 4.69) is 15.2 Å². The highest BCUT2D eigenvalue weighted by molar-refractivity contribution is 6.34. The van der Waals surface area contributed by atoms with Crippen LogP contribution in [-0.2, 0) is 13.0 Å². The van der Waals surface area contributed by atoms with Crippen LogP contribution < -0.4 is 9.47 Å². The number of hydrogen-bond donors (Lipinski definition) is 1. The van der Waals surface area contributed by atoms with E-state index >= 15 is 4.39 Å². The van der Waals surface area contributed by atoms with E-state index < -0.39 is 23.2 Å². The molecular weight excluding hydrogens is 447 g/mol. The molecule has 10 heteroatoms. The third-order valence-corrected chi connectivity index (χ3v) is 5.04. The first-order valence-electron chi connectivity index (χ1n) is 9.32. The number of rotatable bonds is 7. The minimum atomic E-state index is -0.972. The van der Waals surface area contributed by atoms with Crippen LogP contribution in [-0.4, -0.2) is 28.1 Å². The summed E-state index contributed by atoms with van der Waals surface area (Å²) in [6, 6.07) is 7.17. The number of halogens is 4. The Balaban J connectivity index is 1.57. The summed E-state index contributed by atoms with van der Waals surface area (Å²) >= 11 is 6.08. The summed E-state index contributed by atoms with van der Waals surface area (Å²) in [4.78, 5) is 17.0. The number of H-pyrrole nitrogens is 1. The van der Waals surface area contributed by atoms with E-state index in [1.54, 1.807) is 6.07 Å². The Bertz CT molecular complexity index is 1330. The third kappa shape index (κ3) is 4.24. The quantitative estimate of drug-likeness (QED) is 0.390. The second kappa shape index (κ2) is 8.88. The SMILES string of the molecule is COc1n[nH]c2ncc(CC(=O)c3c(Cl)ccc(OCc4ccc(F)cc4F)c3F)cc12. The van der Waals surface area contributed by atoms with E-state index in [-0.39, 0.29) is 34.9 Å². The van der Waals surface area contributed by atoms with Crippen LogP contribution in [0.25, 0.3) is 11.0 Å². The van der Waals surface area contributed by atoms with Crippen LogP contribution in [0.5, 0.6) is 11.6 Å². The topological polar surface area (TPSA) is 77.1 Å². The summed E-state index contributed by atoms with van der Waals surface area (Å²) in [5.74, 6) is -3.11. The molecule has 0 fully saturated rings. The molecule has 0 aliphatic carbocycles. The molecule has 0 saturated carbocycles. The zero-order valence-corrected chi connectivity index (χ0v) is 17.3. The van der Waals surface area contributed by atoms with Gasteiger partial charge in [0, 0.05) is 24.2 Å². The van der Waals surface area contributed by atoms with Gasteiger partial charge < -0.3 is 9.47 Å². The van der Waals surface area contributed by atoms with Crippen molar-refractivity contribution in [2.24, 2.45) is 0 Å². The number of carbonyl (C=O) groups is 1. The molecule has 4 rings (SSSR count). The van der Waals surface area contributed by atoms with Crippen LogP contribution in [0.4, 0.5) is 13.2 Å². The molecule has 0 spiro atoms. The lowest BCUT2D eigenvalue weighted by atomic mass is 10.0. The number of nitrogens with one attached hydrogen (secondary N) is 1. The number of pyridine rings is 1. The molecule has 0 aliphatic rings. The first kappa shape index (κ1) is 21.6. The number of benzene rings is 2. The molecule has 2 aromatic carbocycles. The summed E-state index contributed by atoms with van der Waals surface area (Å²) in [6.07, 6.45) is 1.27. The lowest BCUT2D eigenvalue weighted by molar-refractivity contribution is 0.0988. The summed E-state index contributed by atoms with van der Waals surface area (Å²) in [7, 11) is 1.45. The lowest BCUT2D eigenvalue weighted by Crippen LogP contribution is -2.09. The van der Waals surface area contributed by atoms with Gasteiger partial charge in [-0.05, 0) is 35.9 Å². The van der Waals surface area contributed by atoms with Crippen molar-refractivity contribution in [2.75, 3.05) is 7.11 Å². The van der Waals surface area contributed by atoms with E-state index in [0.29, 0.717) is 28.5 Å². The Morgan fingerprint density at radius 1 is 1.16 bits per heavy atom. The number of Topliss-reactive ketones (excluding diaryl/α,β-unsaturated/α-hetero) is 1. The number of aromatic amines is 1. The van der Waals surface area contributed by atoms with Gasteiger partial charge in [-0.2, -0.15) is 0 Å². The molecular formula is C22H15ClF3N3O3. The molecule has 0 radical (unpaired) electrons. The highest BCUT2D eigenvalue weighted by Gasteiger charge is 2.21. The van der Waals surface area contributed by atoms with Crippen molar-refractivity contribution in [1.29, 1.82) is 0 Å². The number of carbonyl (C=O) groups excluding carboxylic acids is 1. The maximum atomic E-state index is 15.0. The molecule has 4 aromatic rings. The van der Waals surface area contributed by atoms with E-state index in [1.165, 1.54) is 31.5 Å². The second-order valence-corrected chi connectivity index (χ2v) is 7.24. The summed E-state index contributed by atoms with van der Waals surface area (Å²) in [5, 5.41) is 7.12.